The molecule has 2 nitrogen and oxygen atoms in total. The highest BCUT2D eigenvalue weighted by atomic mass is 19.1. The zero-order chi connectivity index (χ0) is 14.0. The van der Waals surface area contributed by atoms with Crippen molar-refractivity contribution in [2.75, 3.05) is 24.5 Å². The number of anilines is 1. The average Bonchev–Trinajstić information content (AvgIpc) is 2.72. The maximum absolute atomic E-state index is 13.4. The van der Waals surface area contributed by atoms with Gasteiger partial charge in [-0.05, 0) is 63.8 Å². The Morgan fingerprint density at radius 1 is 1.32 bits per heavy atom. The molecular formula is C16H25FN2. The van der Waals surface area contributed by atoms with Crippen molar-refractivity contribution in [1.82, 2.24) is 5.32 Å². The highest BCUT2D eigenvalue weighted by Gasteiger charge is 2.24. The molecule has 1 fully saturated rings. The van der Waals surface area contributed by atoms with Gasteiger partial charge in [-0.3, -0.25) is 0 Å². The number of rotatable bonds is 3. The number of hydrogen-bond donors (Lipinski definition) is 1. The molecule has 1 unspecified atom stereocenters. The lowest BCUT2D eigenvalue weighted by atomic mass is 10.1. The van der Waals surface area contributed by atoms with E-state index in [1.54, 1.807) is 12.1 Å². The smallest absolute Gasteiger partial charge is 0.125 e. The molecule has 1 aliphatic heterocycles. The molecule has 1 N–H and O–H groups in total. The molecule has 1 aromatic rings. The van der Waals surface area contributed by atoms with Crippen LogP contribution in [0, 0.1) is 18.7 Å². The minimum Gasteiger partial charge on any atom is -0.371 e. The van der Waals surface area contributed by atoms with Crippen molar-refractivity contribution in [3.63, 3.8) is 0 Å². The van der Waals surface area contributed by atoms with Crippen LogP contribution in [0.2, 0.25) is 0 Å². The molecule has 0 amide bonds. The number of hydrogen-bond acceptors (Lipinski definition) is 2. The summed E-state index contributed by atoms with van der Waals surface area (Å²) in [5.41, 5.74) is 2.19. The van der Waals surface area contributed by atoms with E-state index in [1.165, 1.54) is 6.42 Å². The first-order chi connectivity index (χ1) is 8.83. The predicted octanol–water partition coefficient (Wildman–Crippen LogP) is 3.35. The molecule has 0 radical (unpaired) electrons. The molecule has 1 heterocycles. The summed E-state index contributed by atoms with van der Waals surface area (Å²) in [6, 6.07) is 5.30. The van der Waals surface area contributed by atoms with Crippen LogP contribution < -0.4 is 10.2 Å². The SMILES string of the molecule is Cc1cc(F)cc(N2CCC(CNC(C)(C)C)C2)c1. The molecule has 0 saturated carbocycles. The van der Waals surface area contributed by atoms with Crippen LogP contribution in [-0.4, -0.2) is 25.2 Å². The van der Waals surface area contributed by atoms with Gasteiger partial charge in [-0.2, -0.15) is 0 Å². The molecule has 1 aliphatic rings. The van der Waals surface area contributed by atoms with Crippen molar-refractivity contribution in [2.24, 2.45) is 5.92 Å². The molecule has 0 aliphatic carbocycles. The van der Waals surface area contributed by atoms with Gasteiger partial charge in [-0.15, -0.1) is 0 Å². The third-order valence-corrected chi connectivity index (χ3v) is 3.60. The maximum atomic E-state index is 13.4. The van der Waals surface area contributed by atoms with Crippen LogP contribution in [0.4, 0.5) is 10.1 Å². The van der Waals surface area contributed by atoms with Crippen LogP contribution in [-0.2, 0) is 0 Å². The Kier molecular flexibility index (Phi) is 4.14. The fraction of sp³-hybridized carbons (Fsp3) is 0.625. The topological polar surface area (TPSA) is 15.3 Å². The van der Waals surface area contributed by atoms with E-state index in [0.717, 1.165) is 30.9 Å². The minimum atomic E-state index is -0.133. The van der Waals surface area contributed by atoms with E-state index in [4.69, 9.17) is 0 Å². The summed E-state index contributed by atoms with van der Waals surface area (Å²) < 4.78 is 13.4. The van der Waals surface area contributed by atoms with E-state index in [2.05, 4.69) is 37.1 Å². The number of halogens is 1. The monoisotopic (exact) mass is 264 g/mol. The fourth-order valence-corrected chi connectivity index (χ4v) is 2.58. The zero-order valence-electron chi connectivity index (χ0n) is 12.5. The van der Waals surface area contributed by atoms with E-state index in [0.29, 0.717) is 5.92 Å². The van der Waals surface area contributed by atoms with Crippen LogP contribution in [0.5, 0.6) is 0 Å². The van der Waals surface area contributed by atoms with E-state index in [1.807, 2.05) is 6.92 Å². The van der Waals surface area contributed by atoms with Crippen LogP contribution in [0.25, 0.3) is 0 Å². The van der Waals surface area contributed by atoms with Crippen LogP contribution in [0.15, 0.2) is 18.2 Å². The van der Waals surface area contributed by atoms with Crippen molar-refractivity contribution in [1.29, 1.82) is 0 Å². The Balaban J connectivity index is 1.94. The first-order valence-electron chi connectivity index (χ1n) is 7.11. The van der Waals surface area contributed by atoms with Crippen molar-refractivity contribution < 1.29 is 4.39 Å². The second-order valence-electron chi connectivity index (χ2n) is 6.72. The number of aryl methyl sites for hydroxylation is 1. The molecule has 1 atom stereocenters. The molecule has 106 valence electrons. The summed E-state index contributed by atoms with van der Waals surface area (Å²) in [4.78, 5) is 2.30. The van der Waals surface area contributed by atoms with Crippen LogP contribution >= 0.6 is 0 Å². The minimum absolute atomic E-state index is 0.133. The molecular weight excluding hydrogens is 239 g/mol. The summed E-state index contributed by atoms with van der Waals surface area (Å²) in [5, 5.41) is 3.56. The summed E-state index contributed by atoms with van der Waals surface area (Å²) in [5.74, 6) is 0.522. The van der Waals surface area contributed by atoms with Gasteiger partial charge in [-0.1, -0.05) is 0 Å². The quantitative estimate of drug-likeness (QED) is 0.900. The van der Waals surface area contributed by atoms with E-state index < -0.39 is 0 Å². The fourth-order valence-electron chi connectivity index (χ4n) is 2.58. The predicted molar refractivity (Wildman–Crippen MR) is 79.2 cm³/mol. The summed E-state index contributed by atoms with van der Waals surface area (Å²) in [6.45, 7) is 11.6. The molecule has 1 saturated heterocycles. The number of nitrogens with one attached hydrogen (secondary N) is 1. The van der Waals surface area contributed by atoms with E-state index >= 15 is 0 Å². The van der Waals surface area contributed by atoms with E-state index in [9.17, 15) is 4.39 Å². The third kappa shape index (κ3) is 4.20. The Hall–Kier alpha value is -1.09. The summed E-state index contributed by atoms with van der Waals surface area (Å²) in [6.07, 6.45) is 1.18. The van der Waals surface area contributed by atoms with Crippen molar-refractivity contribution in [3.05, 3.63) is 29.6 Å². The number of nitrogens with zero attached hydrogens (tertiary/aromatic N) is 1. The summed E-state index contributed by atoms with van der Waals surface area (Å²) in [7, 11) is 0. The second-order valence-corrected chi connectivity index (χ2v) is 6.72. The Morgan fingerprint density at radius 2 is 2.05 bits per heavy atom. The molecule has 3 heteroatoms. The lowest BCUT2D eigenvalue weighted by Gasteiger charge is -2.24. The Morgan fingerprint density at radius 3 is 2.68 bits per heavy atom. The molecule has 0 aromatic heterocycles. The first-order valence-corrected chi connectivity index (χ1v) is 7.11. The van der Waals surface area contributed by atoms with Gasteiger partial charge in [-0.25, -0.2) is 4.39 Å². The van der Waals surface area contributed by atoms with Gasteiger partial charge in [0.2, 0.25) is 0 Å². The van der Waals surface area contributed by atoms with Gasteiger partial charge >= 0.3 is 0 Å². The van der Waals surface area contributed by atoms with Gasteiger partial charge in [0.05, 0.1) is 0 Å². The standard InChI is InChI=1S/C16H25FN2/c1-12-7-14(17)9-15(8-12)19-6-5-13(11-19)10-18-16(2,3)4/h7-9,13,18H,5-6,10-11H2,1-4H3. The van der Waals surface area contributed by atoms with Crippen molar-refractivity contribution >= 4 is 5.69 Å². The van der Waals surface area contributed by atoms with Gasteiger partial charge in [0.15, 0.2) is 0 Å². The van der Waals surface area contributed by atoms with Gasteiger partial charge in [0, 0.05) is 30.9 Å². The normalized spacial score (nSPS) is 20.1. The number of benzene rings is 1. The largest absolute Gasteiger partial charge is 0.371 e. The molecule has 0 spiro atoms. The van der Waals surface area contributed by atoms with Gasteiger partial charge in [0.25, 0.3) is 0 Å². The van der Waals surface area contributed by atoms with Crippen LogP contribution in [0.3, 0.4) is 0 Å². The highest BCUT2D eigenvalue weighted by Crippen LogP contribution is 2.25. The van der Waals surface area contributed by atoms with E-state index in [-0.39, 0.29) is 11.4 Å². The Labute approximate surface area is 116 Å². The summed E-state index contributed by atoms with van der Waals surface area (Å²) >= 11 is 0. The Bertz CT molecular complexity index is 417. The first kappa shape index (κ1) is 14.3. The van der Waals surface area contributed by atoms with Crippen LogP contribution in [0.1, 0.15) is 32.8 Å². The average molecular weight is 264 g/mol. The lowest BCUT2D eigenvalue weighted by molar-refractivity contribution is 0.383. The van der Waals surface area contributed by atoms with Crippen molar-refractivity contribution in [2.45, 2.75) is 39.7 Å². The molecule has 19 heavy (non-hydrogen) atoms. The molecule has 0 bridgehead atoms. The highest BCUT2D eigenvalue weighted by molar-refractivity contribution is 5.49. The third-order valence-electron chi connectivity index (χ3n) is 3.60. The lowest BCUT2D eigenvalue weighted by Crippen LogP contribution is -2.39. The van der Waals surface area contributed by atoms with Gasteiger partial charge < -0.3 is 10.2 Å². The van der Waals surface area contributed by atoms with Gasteiger partial charge in [0.1, 0.15) is 5.82 Å². The molecule has 2 rings (SSSR count). The molecule has 1 aromatic carbocycles. The van der Waals surface area contributed by atoms with Crippen molar-refractivity contribution in [3.8, 4) is 0 Å². The zero-order valence-corrected chi connectivity index (χ0v) is 12.5. The maximum Gasteiger partial charge on any atom is 0.125 e. The second kappa shape index (κ2) is 5.49.